The predicted octanol–water partition coefficient (Wildman–Crippen LogP) is 3.35. The molecule has 2 aromatic carbocycles. The van der Waals surface area contributed by atoms with Crippen molar-refractivity contribution in [1.29, 1.82) is 0 Å². The molecule has 0 aromatic heterocycles. The second kappa shape index (κ2) is 8.38. The molecule has 2 aromatic rings. The fourth-order valence-electron chi connectivity index (χ4n) is 3.09. The molecular formula is C20H23F2N3O. The van der Waals surface area contributed by atoms with Crippen LogP contribution in [0.4, 0.5) is 14.5 Å². The highest BCUT2D eigenvalue weighted by molar-refractivity contribution is 6.04. The number of anilines is 1. The molecule has 1 fully saturated rings. The lowest BCUT2D eigenvalue weighted by atomic mass is 10.1. The molecule has 0 saturated carbocycles. The van der Waals surface area contributed by atoms with Crippen LogP contribution in [0.1, 0.15) is 22.8 Å². The summed E-state index contributed by atoms with van der Waals surface area (Å²) in [5.41, 5.74) is 1.57. The molecule has 0 unspecified atom stereocenters. The second-order valence-corrected chi connectivity index (χ2v) is 6.49. The first-order chi connectivity index (χ1) is 12.5. The van der Waals surface area contributed by atoms with Crippen LogP contribution in [0.5, 0.6) is 0 Å². The Morgan fingerprint density at radius 3 is 2.27 bits per heavy atom. The Kier molecular flexibility index (Phi) is 5.96. The van der Waals surface area contributed by atoms with Crippen molar-refractivity contribution in [3.05, 3.63) is 65.2 Å². The number of hydrogen-bond donors (Lipinski definition) is 1. The highest BCUT2D eigenvalue weighted by Crippen LogP contribution is 2.16. The zero-order valence-corrected chi connectivity index (χ0v) is 14.8. The highest BCUT2D eigenvalue weighted by Gasteiger charge is 2.16. The molecule has 0 spiro atoms. The maximum absolute atomic E-state index is 13.7. The summed E-state index contributed by atoms with van der Waals surface area (Å²) >= 11 is 0. The van der Waals surface area contributed by atoms with Crippen molar-refractivity contribution in [3.63, 3.8) is 0 Å². The molecule has 4 nitrogen and oxygen atoms in total. The van der Waals surface area contributed by atoms with Gasteiger partial charge in [0, 0.05) is 44.5 Å². The van der Waals surface area contributed by atoms with Crippen LogP contribution in [0.25, 0.3) is 0 Å². The van der Waals surface area contributed by atoms with E-state index in [2.05, 4.69) is 22.0 Å². The number of hydrogen-bond acceptors (Lipinski definition) is 3. The Hall–Kier alpha value is -2.31. The average Bonchev–Trinajstić information content (AvgIpc) is 2.64. The molecule has 1 aliphatic rings. The zero-order chi connectivity index (χ0) is 18.5. The van der Waals surface area contributed by atoms with E-state index in [0.29, 0.717) is 11.8 Å². The molecule has 6 heteroatoms. The van der Waals surface area contributed by atoms with E-state index in [-0.39, 0.29) is 5.56 Å². The van der Waals surface area contributed by atoms with Gasteiger partial charge in [0.25, 0.3) is 5.91 Å². The smallest absolute Gasteiger partial charge is 0.258 e. The van der Waals surface area contributed by atoms with Crippen molar-refractivity contribution < 1.29 is 13.6 Å². The van der Waals surface area contributed by atoms with Crippen molar-refractivity contribution in [1.82, 2.24) is 9.80 Å². The Bertz CT molecular complexity index is 756. The number of amides is 1. The minimum atomic E-state index is -0.870. The standard InChI is InChI=1S/C20H23F2N3O/c1-2-24-9-11-25(12-10-24)14-15-3-6-17(7-4-15)23-20(26)18-8-5-16(21)13-19(18)22/h3-8,13H,2,9-12,14H2,1H3,(H,23,26). The third-order valence-electron chi connectivity index (χ3n) is 4.71. The third-order valence-corrected chi connectivity index (χ3v) is 4.71. The lowest BCUT2D eigenvalue weighted by Gasteiger charge is -2.34. The van der Waals surface area contributed by atoms with E-state index in [0.717, 1.165) is 51.4 Å². The van der Waals surface area contributed by atoms with Crippen molar-refractivity contribution >= 4 is 11.6 Å². The molecule has 138 valence electrons. The van der Waals surface area contributed by atoms with Crippen LogP contribution in [0.3, 0.4) is 0 Å². The topological polar surface area (TPSA) is 35.6 Å². The van der Waals surface area contributed by atoms with Crippen LogP contribution in [-0.2, 0) is 6.54 Å². The summed E-state index contributed by atoms with van der Waals surface area (Å²) in [6.07, 6.45) is 0. The van der Waals surface area contributed by atoms with Gasteiger partial charge < -0.3 is 10.2 Å². The van der Waals surface area contributed by atoms with Gasteiger partial charge in [0.1, 0.15) is 11.6 Å². The number of rotatable bonds is 5. The highest BCUT2D eigenvalue weighted by atomic mass is 19.1. The Labute approximate surface area is 152 Å². The molecule has 1 aliphatic heterocycles. The number of likely N-dealkylation sites (N-methyl/N-ethyl adjacent to an activating group) is 1. The molecule has 1 N–H and O–H groups in total. The summed E-state index contributed by atoms with van der Waals surface area (Å²) in [5, 5.41) is 2.64. The van der Waals surface area contributed by atoms with E-state index in [1.165, 1.54) is 5.56 Å². The lowest BCUT2D eigenvalue weighted by molar-refractivity contribution is 0.102. The molecule has 3 rings (SSSR count). The maximum Gasteiger partial charge on any atom is 0.258 e. The van der Waals surface area contributed by atoms with Crippen LogP contribution in [0.2, 0.25) is 0 Å². The van der Waals surface area contributed by atoms with Gasteiger partial charge in [-0.15, -0.1) is 0 Å². The lowest BCUT2D eigenvalue weighted by Crippen LogP contribution is -2.45. The quantitative estimate of drug-likeness (QED) is 0.889. The summed E-state index contributed by atoms with van der Waals surface area (Å²) in [6.45, 7) is 8.43. The maximum atomic E-state index is 13.7. The van der Waals surface area contributed by atoms with Crippen LogP contribution >= 0.6 is 0 Å². The first-order valence-electron chi connectivity index (χ1n) is 8.85. The summed E-state index contributed by atoms with van der Waals surface area (Å²) in [4.78, 5) is 17.0. The molecule has 0 aliphatic carbocycles. The van der Waals surface area contributed by atoms with Gasteiger partial charge in [-0.2, -0.15) is 0 Å². The number of carbonyl (C=O) groups excluding carboxylic acids is 1. The van der Waals surface area contributed by atoms with Crippen LogP contribution in [0.15, 0.2) is 42.5 Å². The normalized spacial score (nSPS) is 15.8. The minimum absolute atomic E-state index is 0.177. The first kappa shape index (κ1) is 18.5. The minimum Gasteiger partial charge on any atom is -0.322 e. The van der Waals surface area contributed by atoms with E-state index < -0.39 is 17.5 Å². The summed E-state index contributed by atoms with van der Waals surface area (Å²) < 4.78 is 26.6. The fourth-order valence-corrected chi connectivity index (χ4v) is 3.09. The SMILES string of the molecule is CCN1CCN(Cc2ccc(NC(=O)c3ccc(F)cc3F)cc2)CC1. The average molecular weight is 359 g/mol. The Balaban J connectivity index is 1.57. The van der Waals surface area contributed by atoms with Crippen molar-refractivity contribution in [2.24, 2.45) is 0 Å². The number of halogens is 2. The zero-order valence-electron chi connectivity index (χ0n) is 14.8. The fraction of sp³-hybridized carbons (Fsp3) is 0.350. The summed E-state index contributed by atoms with van der Waals surface area (Å²) in [7, 11) is 0. The van der Waals surface area contributed by atoms with Crippen molar-refractivity contribution in [2.75, 3.05) is 38.0 Å². The molecule has 0 atom stereocenters. The predicted molar refractivity (Wildman–Crippen MR) is 98.1 cm³/mol. The molecule has 1 heterocycles. The summed E-state index contributed by atoms with van der Waals surface area (Å²) in [6, 6.07) is 10.4. The summed E-state index contributed by atoms with van der Waals surface area (Å²) in [5.74, 6) is -2.17. The van der Waals surface area contributed by atoms with E-state index in [1.54, 1.807) is 12.1 Å². The van der Waals surface area contributed by atoms with E-state index in [4.69, 9.17) is 0 Å². The number of piperazine rings is 1. The van der Waals surface area contributed by atoms with Gasteiger partial charge >= 0.3 is 0 Å². The van der Waals surface area contributed by atoms with Gasteiger partial charge in [0.2, 0.25) is 0 Å². The Morgan fingerprint density at radius 1 is 1.00 bits per heavy atom. The van der Waals surface area contributed by atoms with Gasteiger partial charge in [-0.05, 0) is 36.4 Å². The van der Waals surface area contributed by atoms with Crippen molar-refractivity contribution in [2.45, 2.75) is 13.5 Å². The second-order valence-electron chi connectivity index (χ2n) is 6.49. The van der Waals surface area contributed by atoms with Crippen LogP contribution < -0.4 is 5.32 Å². The number of nitrogens with zero attached hydrogens (tertiary/aromatic N) is 2. The molecule has 1 amide bonds. The third kappa shape index (κ3) is 4.65. The van der Waals surface area contributed by atoms with Crippen LogP contribution in [-0.4, -0.2) is 48.4 Å². The van der Waals surface area contributed by atoms with E-state index in [9.17, 15) is 13.6 Å². The van der Waals surface area contributed by atoms with Gasteiger partial charge in [-0.25, -0.2) is 8.78 Å². The van der Waals surface area contributed by atoms with Crippen LogP contribution in [0, 0.1) is 11.6 Å². The number of benzene rings is 2. The van der Waals surface area contributed by atoms with Gasteiger partial charge in [0.15, 0.2) is 0 Å². The molecular weight excluding hydrogens is 336 g/mol. The van der Waals surface area contributed by atoms with Gasteiger partial charge in [0.05, 0.1) is 5.56 Å². The van der Waals surface area contributed by atoms with E-state index in [1.807, 2.05) is 12.1 Å². The first-order valence-corrected chi connectivity index (χ1v) is 8.85. The van der Waals surface area contributed by atoms with Crippen molar-refractivity contribution in [3.8, 4) is 0 Å². The number of nitrogens with one attached hydrogen (secondary N) is 1. The molecule has 26 heavy (non-hydrogen) atoms. The van der Waals surface area contributed by atoms with Gasteiger partial charge in [-0.1, -0.05) is 19.1 Å². The molecule has 0 radical (unpaired) electrons. The van der Waals surface area contributed by atoms with E-state index >= 15 is 0 Å². The largest absolute Gasteiger partial charge is 0.322 e. The Morgan fingerprint density at radius 2 is 1.65 bits per heavy atom. The molecule has 0 bridgehead atoms. The molecule has 1 saturated heterocycles. The number of carbonyl (C=O) groups is 1. The van der Waals surface area contributed by atoms with Gasteiger partial charge in [-0.3, -0.25) is 9.69 Å². The monoisotopic (exact) mass is 359 g/mol.